The van der Waals surface area contributed by atoms with Crippen LogP contribution in [0.4, 0.5) is 0 Å². The maximum Gasteiger partial charge on any atom is 0.122 e. The Morgan fingerprint density at radius 3 is 2.93 bits per heavy atom. The SMILES string of the molecule is COc1cc(Br)c2c(C#N)ccnc2c1. The zero-order valence-corrected chi connectivity index (χ0v) is 9.58. The quantitative estimate of drug-likeness (QED) is 0.794. The Hall–Kier alpha value is -1.60. The molecule has 1 aromatic heterocycles. The van der Waals surface area contributed by atoms with E-state index in [0.717, 1.165) is 21.1 Å². The molecule has 0 aliphatic rings. The van der Waals surface area contributed by atoms with Crippen molar-refractivity contribution in [3.8, 4) is 11.8 Å². The van der Waals surface area contributed by atoms with Gasteiger partial charge in [0, 0.05) is 22.1 Å². The van der Waals surface area contributed by atoms with Gasteiger partial charge in [0.05, 0.1) is 24.3 Å². The zero-order chi connectivity index (χ0) is 10.8. The van der Waals surface area contributed by atoms with E-state index in [2.05, 4.69) is 27.0 Å². The van der Waals surface area contributed by atoms with Gasteiger partial charge < -0.3 is 4.74 Å². The fourth-order valence-electron chi connectivity index (χ4n) is 1.42. The molecular formula is C11H7BrN2O. The first-order valence-electron chi connectivity index (χ1n) is 4.28. The molecule has 1 heterocycles. The van der Waals surface area contributed by atoms with Crippen LogP contribution in [0, 0.1) is 11.3 Å². The lowest BCUT2D eigenvalue weighted by atomic mass is 10.1. The first kappa shape index (κ1) is 9.94. The molecule has 0 N–H and O–H groups in total. The van der Waals surface area contributed by atoms with Crippen LogP contribution in [0.1, 0.15) is 5.56 Å². The standard InChI is InChI=1S/C11H7BrN2O/c1-15-8-4-9(12)11-7(6-13)2-3-14-10(11)5-8/h2-5H,1H3. The molecule has 3 nitrogen and oxygen atoms in total. The van der Waals surface area contributed by atoms with Crippen molar-refractivity contribution in [1.29, 1.82) is 5.26 Å². The summed E-state index contributed by atoms with van der Waals surface area (Å²) in [5, 5.41) is 9.78. The highest BCUT2D eigenvalue weighted by Gasteiger charge is 2.07. The summed E-state index contributed by atoms with van der Waals surface area (Å²) < 4.78 is 5.94. The van der Waals surface area contributed by atoms with Crippen LogP contribution in [0.25, 0.3) is 10.9 Å². The van der Waals surface area contributed by atoms with Crippen molar-refractivity contribution in [3.05, 3.63) is 34.4 Å². The van der Waals surface area contributed by atoms with E-state index in [1.54, 1.807) is 25.4 Å². The topological polar surface area (TPSA) is 45.9 Å². The molecule has 2 rings (SSSR count). The maximum absolute atomic E-state index is 8.96. The second-order valence-corrected chi connectivity index (χ2v) is 3.83. The Morgan fingerprint density at radius 2 is 2.27 bits per heavy atom. The average Bonchev–Trinajstić information content (AvgIpc) is 2.27. The molecule has 2 aromatic rings. The number of rotatable bonds is 1. The lowest BCUT2D eigenvalue weighted by molar-refractivity contribution is 0.415. The largest absolute Gasteiger partial charge is 0.497 e. The van der Waals surface area contributed by atoms with Crippen molar-refractivity contribution in [2.75, 3.05) is 7.11 Å². The molecule has 0 saturated heterocycles. The molecule has 1 aromatic carbocycles. The average molecular weight is 263 g/mol. The number of nitriles is 1. The van der Waals surface area contributed by atoms with Crippen molar-refractivity contribution in [1.82, 2.24) is 4.98 Å². The summed E-state index contributed by atoms with van der Waals surface area (Å²) in [7, 11) is 1.60. The number of pyridine rings is 1. The first-order valence-corrected chi connectivity index (χ1v) is 5.08. The zero-order valence-electron chi connectivity index (χ0n) is 7.99. The van der Waals surface area contributed by atoms with Crippen LogP contribution >= 0.6 is 15.9 Å². The highest BCUT2D eigenvalue weighted by molar-refractivity contribution is 9.10. The van der Waals surface area contributed by atoms with Gasteiger partial charge in [-0.05, 0) is 28.1 Å². The minimum absolute atomic E-state index is 0.606. The smallest absolute Gasteiger partial charge is 0.122 e. The minimum atomic E-state index is 0.606. The molecule has 4 heteroatoms. The number of aromatic nitrogens is 1. The molecule has 74 valence electrons. The number of hydrogen-bond acceptors (Lipinski definition) is 3. The number of benzene rings is 1. The summed E-state index contributed by atoms with van der Waals surface area (Å²) >= 11 is 3.41. The van der Waals surface area contributed by atoms with Gasteiger partial charge in [0.2, 0.25) is 0 Å². The third-order valence-electron chi connectivity index (χ3n) is 2.12. The van der Waals surface area contributed by atoms with Gasteiger partial charge in [0.1, 0.15) is 5.75 Å². The predicted molar refractivity (Wildman–Crippen MR) is 60.7 cm³/mol. The number of nitrogens with zero attached hydrogens (tertiary/aromatic N) is 2. The van der Waals surface area contributed by atoms with E-state index in [0.29, 0.717) is 5.56 Å². The van der Waals surface area contributed by atoms with Crippen LogP contribution < -0.4 is 4.74 Å². The van der Waals surface area contributed by atoms with E-state index < -0.39 is 0 Å². The van der Waals surface area contributed by atoms with Crippen molar-refractivity contribution in [2.24, 2.45) is 0 Å². The maximum atomic E-state index is 8.96. The molecule has 0 bridgehead atoms. The van der Waals surface area contributed by atoms with Crippen LogP contribution in [0.3, 0.4) is 0 Å². The molecular weight excluding hydrogens is 256 g/mol. The summed E-state index contributed by atoms with van der Waals surface area (Å²) in [5.74, 6) is 0.719. The fourth-order valence-corrected chi connectivity index (χ4v) is 2.07. The monoisotopic (exact) mass is 262 g/mol. The summed E-state index contributed by atoms with van der Waals surface area (Å²) in [6, 6.07) is 7.46. The van der Waals surface area contributed by atoms with Gasteiger partial charge in [-0.2, -0.15) is 5.26 Å². The van der Waals surface area contributed by atoms with Gasteiger partial charge >= 0.3 is 0 Å². The van der Waals surface area contributed by atoms with Gasteiger partial charge in [-0.25, -0.2) is 0 Å². The van der Waals surface area contributed by atoms with E-state index in [4.69, 9.17) is 10.00 Å². The Labute approximate surface area is 95.4 Å². The lowest BCUT2D eigenvalue weighted by Crippen LogP contribution is -1.88. The first-order chi connectivity index (χ1) is 7.26. The van der Waals surface area contributed by atoms with E-state index in [9.17, 15) is 0 Å². The van der Waals surface area contributed by atoms with E-state index in [-0.39, 0.29) is 0 Å². The molecule has 0 unspecified atom stereocenters. The minimum Gasteiger partial charge on any atom is -0.497 e. The summed E-state index contributed by atoms with van der Waals surface area (Å²) in [4.78, 5) is 4.20. The van der Waals surface area contributed by atoms with Crippen LogP contribution in [-0.2, 0) is 0 Å². The fraction of sp³-hybridized carbons (Fsp3) is 0.0909. The van der Waals surface area contributed by atoms with Gasteiger partial charge in [0.15, 0.2) is 0 Å². The van der Waals surface area contributed by atoms with Crippen molar-refractivity contribution < 1.29 is 4.74 Å². The third kappa shape index (κ3) is 1.66. The second kappa shape index (κ2) is 3.87. The summed E-state index contributed by atoms with van der Waals surface area (Å²) in [5.41, 5.74) is 1.36. The van der Waals surface area contributed by atoms with Crippen molar-refractivity contribution in [2.45, 2.75) is 0 Å². The third-order valence-corrected chi connectivity index (χ3v) is 2.75. The van der Waals surface area contributed by atoms with Crippen molar-refractivity contribution >= 4 is 26.8 Å². The summed E-state index contributed by atoms with van der Waals surface area (Å²) in [6.45, 7) is 0. The van der Waals surface area contributed by atoms with Gasteiger partial charge in [0.25, 0.3) is 0 Å². The number of fused-ring (bicyclic) bond motifs is 1. The second-order valence-electron chi connectivity index (χ2n) is 2.97. The van der Waals surface area contributed by atoms with Gasteiger partial charge in [-0.3, -0.25) is 4.98 Å². The predicted octanol–water partition coefficient (Wildman–Crippen LogP) is 2.88. The highest BCUT2D eigenvalue weighted by Crippen LogP contribution is 2.30. The Kier molecular flexibility index (Phi) is 2.57. The Balaban J connectivity index is 2.86. The Bertz CT molecular complexity index is 560. The molecule has 0 aliphatic carbocycles. The number of ether oxygens (including phenoxy) is 1. The van der Waals surface area contributed by atoms with Crippen LogP contribution in [0.2, 0.25) is 0 Å². The van der Waals surface area contributed by atoms with Gasteiger partial charge in [-0.15, -0.1) is 0 Å². The number of halogens is 1. The molecule has 0 atom stereocenters. The molecule has 0 saturated carbocycles. The molecule has 15 heavy (non-hydrogen) atoms. The molecule has 0 fully saturated rings. The molecule has 0 radical (unpaired) electrons. The molecule has 0 amide bonds. The van der Waals surface area contributed by atoms with Crippen molar-refractivity contribution in [3.63, 3.8) is 0 Å². The van der Waals surface area contributed by atoms with E-state index >= 15 is 0 Å². The number of hydrogen-bond donors (Lipinski definition) is 0. The number of methoxy groups -OCH3 is 1. The van der Waals surface area contributed by atoms with Crippen LogP contribution in [0.5, 0.6) is 5.75 Å². The van der Waals surface area contributed by atoms with Gasteiger partial charge in [-0.1, -0.05) is 0 Å². The van der Waals surface area contributed by atoms with E-state index in [1.165, 1.54) is 0 Å². The van der Waals surface area contributed by atoms with Crippen LogP contribution in [0.15, 0.2) is 28.9 Å². The summed E-state index contributed by atoms with van der Waals surface area (Å²) in [6.07, 6.45) is 1.62. The Morgan fingerprint density at radius 1 is 1.47 bits per heavy atom. The lowest BCUT2D eigenvalue weighted by Gasteiger charge is -2.05. The molecule has 0 aliphatic heterocycles. The highest BCUT2D eigenvalue weighted by atomic mass is 79.9. The molecule has 0 spiro atoms. The normalized spacial score (nSPS) is 9.93. The van der Waals surface area contributed by atoms with E-state index in [1.807, 2.05) is 6.07 Å². The van der Waals surface area contributed by atoms with Crippen LogP contribution in [-0.4, -0.2) is 12.1 Å².